The predicted octanol–water partition coefficient (Wildman–Crippen LogP) is 3.21. The van der Waals surface area contributed by atoms with Crippen LogP contribution in [0.15, 0.2) is 47.3 Å². The summed E-state index contributed by atoms with van der Waals surface area (Å²) in [6.45, 7) is 6.41. The summed E-state index contributed by atoms with van der Waals surface area (Å²) in [4.78, 5) is 24.7. The predicted molar refractivity (Wildman–Crippen MR) is 124 cm³/mol. The fraction of sp³-hybridized carbons (Fsp3) is 0.320. The molecule has 32 heavy (non-hydrogen) atoms. The minimum absolute atomic E-state index is 0.136. The molecule has 2 aromatic carbocycles. The molecule has 0 bridgehead atoms. The quantitative estimate of drug-likeness (QED) is 0.588. The van der Waals surface area contributed by atoms with Crippen molar-refractivity contribution in [1.29, 1.82) is 0 Å². The van der Waals surface area contributed by atoms with Gasteiger partial charge in [-0.1, -0.05) is 12.1 Å². The first-order valence-electron chi connectivity index (χ1n) is 10.5. The van der Waals surface area contributed by atoms with Crippen molar-refractivity contribution in [1.82, 2.24) is 15.1 Å². The average Bonchev–Trinajstić information content (AvgIpc) is 2.77. The Morgan fingerprint density at radius 2 is 1.66 bits per heavy atom. The van der Waals surface area contributed by atoms with Gasteiger partial charge < -0.3 is 14.8 Å². The number of hydrogen-bond acceptors (Lipinski definition) is 5. The molecule has 0 saturated heterocycles. The Morgan fingerprint density at radius 1 is 0.938 bits per heavy atom. The molecule has 0 aliphatic rings. The second-order valence-electron chi connectivity index (χ2n) is 7.76. The van der Waals surface area contributed by atoms with Crippen LogP contribution in [0.5, 0.6) is 11.5 Å². The minimum Gasteiger partial charge on any atom is -0.493 e. The molecule has 0 aliphatic heterocycles. The highest BCUT2D eigenvalue weighted by Crippen LogP contribution is 2.27. The van der Waals surface area contributed by atoms with Crippen LogP contribution in [-0.2, 0) is 17.8 Å². The third-order valence-electron chi connectivity index (χ3n) is 5.46. The Hall–Kier alpha value is -3.61. The maximum absolute atomic E-state index is 12.4. The highest BCUT2D eigenvalue weighted by Gasteiger charge is 2.11. The normalized spacial score (nSPS) is 10.7. The number of nitrogens with one attached hydrogen (secondary N) is 1. The van der Waals surface area contributed by atoms with Gasteiger partial charge in [-0.05, 0) is 73.7 Å². The van der Waals surface area contributed by atoms with Gasteiger partial charge in [-0.25, -0.2) is 4.68 Å². The molecule has 0 radical (unpaired) electrons. The van der Waals surface area contributed by atoms with E-state index in [4.69, 9.17) is 9.47 Å². The molecule has 0 fully saturated rings. The van der Waals surface area contributed by atoms with E-state index in [9.17, 15) is 9.59 Å². The second-order valence-corrected chi connectivity index (χ2v) is 7.76. The lowest BCUT2D eigenvalue weighted by Crippen LogP contribution is -2.34. The van der Waals surface area contributed by atoms with Crippen molar-refractivity contribution in [3.63, 3.8) is 0 Å². The van der Waals surface area contributed by atoms with Crippen LogP contribution in [0.2, 0.25) is 0 Å². The molecule has 3 aromatic rings. The van der Waals surface area contributed by atoms with Crippen molar-refractivity contribution in [2.45, 2.75) is 33.7 Å². The van der Waals surface area contributed by atoms with Crippen LogP contribution >= 0.6 is 0 Å². The van der Waals surface area contributed by atoms with Gasteiger partial charge in [0.1, 0.15) is 6.54 Å². The number of aryl methyl sites for hydroxylation is 3. The molecule has 0 saturated carbocycles. The number of carbonyl (C=O) groups excluding carboxylic acids is 1. The van der Waals surface area contributed by atoms with Gasteiger partial charge in [-0.15, -0.1) is 0 Å². The Kier molecular flexibility index (Phi) is 7.30. The molecule has 1 N–H and O–H groups in total. The van der Waals surface area contributed by atoms with Crippen LogP contribution in [0.3, 0.4) is 0 Å². The zero-order valence-electron chi connectivity index (χ0n) is 19.2. The number of amides is 1. The molecule has 0 unspecified atom stereocenters. The van der Waals surface area contributed by atoms with Crippen molar-refractivity contribution in [3.05, 3.63) is 75.1 Å². The molecular weight excluding hydrogens is 406 g/mol. The lowest BCUT2D eigenvalue weighted by molar-refractivity contribution is -0.121. The number of ether oxygens (including phenoxy) is 2. The maximum Gasteiger partial charge on any atom is 0.267 e. The Labute approximate surface area is 188 Å². The van der Waals surface area contributed by atoms with E-state index in [-0.39, 0.29) is 18.0 Å². The standard InChI is InChI=1S/C25H29N3O4/c1-16-12-18(3)20(13-17(16)2)21-7-9-25(30)28(27-21)15-24(29)26-11-10-19-6-8-22(31-4)23(14-19)32-5/h6-9,12-14H,10-11,15H2,1-5H3,(H,26,29). The van der Waals surface area contributed by atoms with Gasteiger partial charge in [0.25, 0.3) is 5.56 Å². The molecule has 7 nitrogen and oxygen atoms in total. The summed E-state index contributed by atoms with van der Waals surface area (Å²) >= 11 is 0. The van der Waals surface area contributed by atoms with E-state index < -0.39 is 0 Å². The summed E-state index contributed by atoms with van der Waals surface area (Å²) < 4.78 is 11.8. The van der Waals surface area contributed by atoms with E-state index in [1.54, 1.807) is 20.3 Å². The number of nitrogens with zero attached hydrogens (tertiary/aromatic N) is 2. The third-order valence-corrected chi connectivity index (χ3v) is 5.46. The summed E-state index contributed by atoms with van der Waals surface area (Å²) in [6, 6.07) is 13.0. The molecule has 1 heterocycles. The summed E-state index contributed by atoms with van der Waals surface area (Å²) in [6.07, 6.45) is 0.621. The van der Waals surface area contributed by atoms with E-state index in [1.165, 1.54) is 16.3 Å². The first-order valence-corrected chi connectivity index (χ1v) is 10.5. The highest BCUT2D eigenvalue weighted by molar-refractivity contribution is 5.75. The molecule has 3 rings (SSSR count). The molecule has 1 amide bonds. The van der Waals surface area contributed by atoms with Crippen LogP contribution in [-0.4, -0.2) is 36.5 Å². The van der Waals surface area contributed by atoms with Gasteiger partial charge in [0.05, 0.1) is 19.9 Å². The lowest BCUT2D eigenvalue weighted by Gasteiger charge is -2.12. The molecule has 0 atom stereocenters. The summed E-state index contributed by atoms with van der Waals surface area (Å²) in [5.41, 5.74) is 5.74. The SMILES string of the molecule is COc1ccc(CCNC(=O)Cn2nc(-c3cc(C)c(C)cc3C)ccc2=O)cc1OC. The fourth-order valence-corrected chi connectivity index (χ4v) is 3.52. The molecule has 168 valence electrons. The molecule has 0 spiro atoms. The topological polar surface area (TPSA) is 82.5 Å². The Morgan fingerprint density at radius 3 is 2.38 bits per heavy atom. The summed E-state index contributed by atoms with van der Waals surface area (Å²) in [5.74, 6) is 1.03. The van der Waals surface area contributed by atoms with Crippen LogP contribution in [0.4, 0.5) is 0 Å². The minimum atomic E-state index is -0.315. The number of hydrogen-bond donors (Lipinski definition) is 1. The third kappa shape index (κ3) is 5.35. The number of methoxy groups -OCH3 is 2. The fourth-order valence-electron chi connectivity index (χ4n) is 3.52. The van der Waals surface area contributed by atoms with Crippen LogP contribution in [0.25, 0.3) is 11.3 Å². The van der Waals surface area contributed by atoms with E-state index >= 15 is 0 Å². The first-order chi connectivity index (χ1) is 15.3. The van der Waals surface area contributed by atoms with Crippen LogP contribution in [0, 0.1) is 20.8 Å². The van der Waals surface area contributed by atoms with Crippen molar-refractivity contribution in [2.75, 3.05) is 20.8 Å². The number of benzene rings is 2. The van der Waals surface area contributed by atoms with Gasteiger partial charge in [0.2, 0.25) is 5.91 Å². The van der Waals surface area contributed by atoms with Crippen LogP contribution in [0.1, 0.15) is 22.3 Å². The highest BCUT2D eigenvalue weighted by atomic mass is 16.5. The van der Waals surface area contributed by atoms with E-state index in [0.29, 0.717) is 30.2 Å². The van der Waals surface area contributed by atoms with Crippen molar-refractivity contribution in [2.24, 2.45) is 0 Å². The van der Waals surface area contributed by atoms with Gasteiger partial charge in [0, 0.05) is 18.2 Å². The van der Waals surface area contributed by atoms with E-state index in [2.05, 4.69) is 29.5 Å². The zero-order valence-corrected chi connectivity index (χ0v) is 19.2. The van der Waals surface area contributed by atoms with E-state index in [0.717, 1.165) is 22.3 Å². The number of carbonyl (C=O) groups is 1. The average molecular weight is 436 g/mol. The largest absolute Gasteiger partial charge is 0.493 e. The second kappa shape index (κ2) is 10.1. The molecule has 1 aromatic heterocycles. The lowest BCUT2D eigenvalue weighted by atomic mass is 9.99. The molecular formula is C25H29N3O4. The van der Waals surface area contributed by atoms with Gasteiger partial charge in [-0.3, -0.25) is 9.59 Å². The molecule has 0 aliphatic carbocycles. The summed E-state index contributed by atoms with van der Waals surface area (Å²) in [5, 5.41) is 7.28. The Balaban J connectivity index is 1.66. The zero-order chi connectivity index (χ0) is 23.3. The van der Waals surface area contributed by atoms with Crippen molar-refractivity contribution >= 4 is 5.91 Å². The molecule has 7 heteroatoms. The van der Waals surface area contributed by atoms with Crippen molar-refractivity contribution in [3.8, 4) is 22.8 Å². The van der Waals surface area contributed by atoms with Gasteiger partial charge >= 0.3 is 0 Å². The van der Waals surface area contributed by atoms with Crippen molar-refractivity contribution < 1.29 is 14.3 Å². The van der Waals surface area contributed by atoms with E-state index in [1.807, 2.05) is 32.0 Å². The van der Waals surface area contributed by atoms with Crippen LogP contribution < -0.4 is 20.3 Å². The smallest absolute Gasteiger partial charge is 0.267 e. The van der Waals surface area contributed by atoms with Gasteiger partial charge in [-0.2, -0.15) is 5.10 Å². The first kappa shape index (κ1) is 23.1. The maximum atomic E-state index is 12.4. The monoisotopic (exact) mass is 435 g/mol. The number of aromatic nitrogens is 2. The van der Waals surface area contributed by atoms with Gasteiger partial charge in [0.15, 0.2) is 11.5 Å². The number of rotatable bonds is 8. The Bertz CT molecular complexity index is 1180. The summed E-state index contributed by atoms with van der Waals surface area (Å²) in [7, 11) is 3.17.